The second kappa shape index (κ2) is 12.8. The van der Waals surface area contributed by atoms with Crippen molar-refractivity contribution < 1.29 is 34.0 Å². The van der Waals surface area contributed by atoms with Crippen molar-refractivity contribution >= 4 is 45.6 Å². The van der Waals surface area contributed by atoms with Crippen molar-refractivity contribution in [2.24, 2.45) is 0 Å². The van der Waals surface area contributed by atoms with Crippen LogP contribution >= 0.6 is 23.5 Å². The van der Waals surface area contributed by atoms with Crippen LogP contribution in [0.25, 0.3) is 22.1 Å². The summed E-state index contributed by atoms with van der Waals surface area (Å²) in [6, 6.07) is 17.0. The number of imidazole rings is 2. The van der Waals surface area contributed by atoms with E-state index in [9.17, 15) is 0 Å². The first-order valence-electron chi connectivity index (χ1n) is 11.4. The number of fused-ring (bicyclic) bond motifs is 2. The fourth-order valence-electron chi connectivity index (χ4n) is 4.33. The Balaban J connectivity index is 0.00000162. The van der Waals surface area contributed by atoms with Crippen LogP contribution in [0.3, 0.4) is 0 Å². The quantitative estimate of drug-likeness (QED) is 0.231. The minimum Gasteiger partial charge on any atom is -1.00 e. The van der Waals surface area contributed by atoms with E-state index in [-0.39, 0.29) is 34.0 Å². The van der Waals surface area contributed by atoms with Gasteiger partial charge in [0, 0.05) is 26.2 Å². The SMILES string of the molecule is CCSc1nc2ccccc2n1CN1CCN(Cn2c(SCC)nc3ccccc32)CC1.[Br-].[Br-]. The van der Waals surface area contributed by atoms with Crippen LogP contribution in [0, 0.1) is 0 Å². The fraction of sp³-hybridized carbons (Fsp3) is 0.417. The molecule has 10 heteroatoms. The van der Waals surface area contributed by atoms with Gasteiger partial charge in [0.25, 0.3) is 0 Å². The summed E-state index contributed by atoms with van der Waals surface area (Å²) in [5, 5.41) is 2.25. The highest BCUT2D eigenvalue weighted by Crippen LogP contribution is 2.26. The Morgan fingerprint density at radius 2 is 1.03 bits per heavy atom. The molecule has 0 aliphatic carbocycles. The Morgan fingerprint density at radius 3 is 1.41 bits per heavy atom. The van der Waals surface area contributed by atoms with Crippen molar-refractivity contribution in [3.63, 3.8) is 0 Å². The molecule has 0 unspecified atom stereocenters. The van der Waals surface area contributed by atoms with Crippen LogP contribution in [0.15, 0.2) is 58.8 Å². The van der Waals surface area contributed by atoms with Gasteiger partial charge in [-0.05, 0) is 35.8 Å². The van der Waals surface area contributed by atoms with Gasteiger partial charge in [-0.3, -0.25) is 9.80 Å². The normalized spacial score (nSPS) is 14.9. The summed E-state index contributed by atoms with van der Waals surface area (Å²) in [6.07, 6.45) is 0. The second-order valence-electron chi connectivity index (χ2n) is 8.01. The van der Waals surface area contributed by atoms with Gasteiger partial charge in [-0.1, -0.05) is 61.6 Å². The monoisotopic (exact) mass is 624 g/mol. The van der Waals surface area contributed by atoms with Gasteiger partial charge in [0.15, 0.2) is 10.3 Å². The summed E-state index contributed by atoms with van der Waals surface area (Å²) in [7, 11) is 0. The van der Waals surface area contributed by atoms with E-state index in [2.05, 4.69) is 81.3 Å². The van der Waals surface area contributed by atoms with Crippen LogP contribution in [0.5, 0.6) is 0 Å². The molecule has 0 bridgehead atoms. The number of halogens is 2. The molecule has 1 aliphatic rings. The molecule has 0 saturated carbocycles. The van der Waals surface area contributed by atoms with E-state index in [1.807, 2.05) is 23.5 Å². The molecule has 34 heavy (non-hydrogen) atoms. The molecule has 1 fully saturated rings. The smallest absolute Gasteiger partial charge is 0.170 e. The maximum atomic E-state index is 4.87. The molecule has 0 amide bonds. The van der Waals surface area contributed by atoms with Crippen molar-refractivity contribution in [2.45, 2.75) is 37.5 Å². The molecular formula is C24H30Br2N6S2-2. The molecule has 0 atom stereocenters. The van der Waals surface area contributed by atoms with E-state index in [1.165, 1.54) is 11.0 Å². The van der Waals surface area contributed by atoms with E-state index in [0.717, 1.165) is 72.4 Å². The Hall–Kier alpha value is -1.04. The number of rotatable bonds is 8. The van der Waals surface area contributed by atoms with Crippen molar-refractivity contribution in [1.29, 1.82) is 0 Å². The fourth-order valence-corrected chi connectivity index (χ4v) is 5.80. The number of hydrogen-bond donors (Lipinski definition) is 0. The number of nitrogens with zero attached hydrogens (tertiary/aromatic N) is 6. The van der Waals surface area contributed by atoms with Gasteiger partial charge in [-0.15, -0.1) is 0 Å². The lowest BCUT2D eigenvalue weighted by Crippen LogP contribution is -3.00. The molecule has 6 nitrogen and oxygen atoms in total. The second-order valence-corrected chi connectivity index (χ2v) is 10.5. The predicted molar refractivity (Wildman–Crippen MR) is 135 cm³/mol. The highest BCUT2D eigenvalue weighted by molar-refractivity contribution is 7.99. The third kappa shape index (κ3) is 5.84. The molecule has 0 spiro atoms. The van der Waals surface area contributed by atoms with E-state index in [0.29, 0.717) is 0 Å². The lowest BCUT2D eigenvalue weighted by atomic mass is 10.3. The maximum absolute atomic E-state index is 4.87. The summed E-state index contributed by atoms with van der Waals surface area (Å²) >= 11 is 3.66. The molecular weight excluding hydrogens is 596 g/mol. The van der Waals surface area contributed by atoms with Crippen molar-refractivity contribution in [2.75, 3.05) is 37.7 Å². The summed E-state index contributed by atoms with van der Waals surface area (Å²) in [6.45, 7) is 10.4. The van der Waals surface area contributed by atoms with Gasteiger partial charge in [0.05, 0.1) is 35.4 Å². The molecule has 4 aromatic rings. The zero-order chi connectivity index (χ0) is 21.9. The van der Waals surface area contributed by atoms with E-state index >= 15 is 0 Å². The highest BCUT2D eigenvalue weighted by Gasteiger charge is 2.21. The van der Waals surface area contributed by atoms with E-state index in [1.54, 1.807) is 0 Å². The zero-order valence-corrected chi connectivity index (χ0v) is 24.3. The lowest BCUT2D eigenvalue weighted by molar-refractivity contribution is -0.001000. The molecule has 184 valence electrons. The average molecular weight is 626 g/mol. The molecule has 0 radical (unpaired) electrons. The van der Waals surface area contributed by atoms with Gasteiger partial charge in [-0.25, -0.2) is 9.97 Å². The number of thioether (sulfide) groups is 2. The van der Waals surface area contributed by atoms with Crippen LogP contribution in [-0.4, -0.2) is 66.6 Å². The first kappa shape index (κ1) is 27.5. The van der Waals surface area contributed by atoms with Crippen LogP contribution < -0.4 is 34.0 Å². The number of piperazine rings is 1. The molecule has 1 saturated heterocycles. The zero-order valence-electron chi connectivity index (χ0n) is 19.5. The lowest BCUT2D eigenvalue weighted by Gasteiger charge is -2.35. The predicted octanol–water partition coefficient (Wildman–Crippen LogP) is -1.15. The summed E-state index contributed by atoms with van der Waals surface area (Å²) < 4.78 is 4.77. The molecule has 0 N–H and O–H groups in total. The van der Waals surface area contributed by atoms with Crippen molar-refractivity contribution in [1.82, 2.24) is 28.9 Å². The highest BCUT2D eigenvalue weighted by atomic mass is 79.9. The van der Waals surface area contributed by atoms with Crippen LogP contribution in [0.1, 0.15) is 13.8 Å². The summed E-state index contributed by atoms with van der Waals surface area (Å²) in [4.78, 5) is 14.8. The van der Waals surface area contributed by atoms with Crippen LogP contribution in [-0.2, 0) is 13.3 Å². The largest absolute Gasteiger partial charge is 1.00 e. The summed E-state index contributed by atoms with van der Waals surface area (Å²) in [5.41, 5.74) is 4.65. The van der Waals surface area contributed by atoms with Gasteiger partial charge in [0.2, 0.25) is 0 Å². The number of benzene rings is 2. The first-order chi connectivity index (χ1) is 15.8. The standard InChI is InChI=1S/C24H30N6S2.2BrH/c1-3-31-23-25-19-9-5-7-11-21(19)29(23)17-27-13-15-28(16-14-27)18-30-22-12-8-6-10-20(22)26-24(30)32-4-2;;/h5-12H,3-4,13-18H2,1-2H3;2*1H/p-2. The first-order valence-corrected chi connectivity index (χ1v) is 13.3. The molecule has 2 aromatic carbocycles. The van der Waals surface area contributed by atoms with E-state index in [4.69, 9.17) is 9.97 Å². The average Bonchev–Trinajstić information content (AvgIpc) is 3.34. The summed E-state index contributed by atoms with van der Waals surface area (Å²) in [5.74, 6) is 2.07. The number of aromatic nitrogens is 4. The Morgan fingerprint density at radius 1 is 0.647 bits per heavy atom. The van der Waals surface area contributed by atoms with Crippen molar-refractivity contribution in [3.8, 4) is 0 Å². The van der Waals surface area contributed by atoms with E-state index < -0.39 is 0 Å². The maximum Gasteiger partial charge on any atom is 0.170 e. The third-order valence-corrected chi connectivity index (χ3v) is 7.65. The minimum atomic E-state index is 0. The van der Waals surface area contributed by atoms with Crippen LogP contribution in [0.4, 0.5) is 0 Å². The topological polar surface area (TPSA) is 42.1 Å². The molecule has 2 aromatic heterocycles. The minimum absolute atomic E-state index is 0. The van der Waals surface area contributed by atoms with Gasteiger partial charge in [0.1, 0.15) is 0 Å². The third-order valence-electron chi connectivity index (χ3n) is 5.93. The molecule has 5 rings (SSSR count). The van der Waals surface area contributed by atoms with Crippen molar-refractivity contribution in [3.05, 3.63) is 48.5 Å². The Bertz CT molecular complexity index is 1110. The molecule has 3 heterocycles. The molecule has 1 aliphatic heterocycles. The number of para-hydroxylation sites is 4. The Labute approximate surface area is 231 Å². The Kier molecular flexibility index (Phi) is 10.4. The number of hydrogen-bond acceptors (Lipinski definition) is 6. The van der Waals surface area contributed by atoms with Crippen LogP contribution in [0.2, 0.25) is 0 Å². The van der Waals surface area contributed by atoms with Gasteiger partial charge in [-0.2, -0.15) is 0 Å². The van der Waals surface area contributed by atoms with Gasteiger partial charge < -0.3 is 43.1 Å². The van der Waals surface area contributed by atoms with Gasteiger partial charge >= 0.3 is 0 Å².